The standard InChI is InChI=1S/C3H2Cl3/c4-2-1-3(5)6/h1-2H. The molecule has 35 valence electrons. The van der Waals surface area contributed by atoms with Gasteiger partial charge in [-0.3, -0.25) is 0 Å². The lowest BCUT2D eigenvalue weighted by Crippen LogP contribution is -1.47. The Morgan fingerprint density at radius 1 is 1.33 bits per heavy atom. The van der Waals surface area contributed by atoms with Crippen LogP contribution in [0.1, 0.15) is 0 Å². The normalized spacial score (nSPS) is 7.83. The Morgan fingerprint density at radius 2 is 1.83 bits per heavy atom. The Balaban J connectivity index is 3.14. The van der Waals surface area contributed by atoms with E-state index in [0.717, 1.165) is 0 Å². The summed E-state index contributed by atoms with van der Waals surface area (Å²) >= 11 is 15.2. The highest BCUT2D eigenvalue weighted by Gasteiger charge is 1.75. The first-order chi connectivity index (χ1) is 2.77. The van der Waals surface area contributed by atoms with Crippen LogP contribution in [0.3, 0.4) is 0 Å². The van der Waals surface area contributed by atoms with Crippen molar-refractivity contribution in [2.75, 3.05) is 0 Å². The van der Waals surface area contributed by atoms with Gasteiger partial charge in [0.05, 0.1) is 5.88 Å². The van der Waals surface area contributed by atoms with Crippen molar-refractivity contribution in [2.24, 2.45) is 0 Å². The summed E-state index contributed by atoms with van der Waals surface area (Å²) in [6.45, 7) is 0. The first-order valence-corrected chi connectivity index (χ1v) is 2.41. The van der Waals surface area contributed by atoms with Crippen LogP contribution in [0.25, 0.3) is 0 Å². The Labute approximate surface area is 51.7 Å². The third kappa shape index (κ3) is 4.61. The van der Waals surface area contributed by atoms with Crippen LogP contribution < -0.4 is 0 Å². The van der Waals surface area contributed by atoms with E-state index in [4.69, 9.17) is 34.8 Å². The van der Waals surface area contributed by atoms with Gasteiger partial charge in [-0.2, -0.15) is 0 Å². The first-order valence-electron chi connectivity index (χ1n) is 1.22. The van der Waals surface area contributed by atoms with Crippen LogP contribution >= 0.6 is 34.8 Å². The Morgan fingerprint density at radius 3 is 1.83 bits per heavy atom. The molecule has 0 N–H and O–H groups in total. The van der Waals surface area contributed by atoms with Crippen LogP contribution in [0.15, 0.2) is 10.6 Å². The molecule has 0 amide bonds. The summed E-state index contributed by atoms with van der Waals surface area (Å²) in [5.41, 5.74) is 0. The van der Waals surface area contributed by atoms with E-state index in [1.807, 2.05) is 0 Å². The molecule has 0 unspecified atom stereocenters. The van der Waals surface area contributed by atoms with E-state index in [0.29, 0.717) is 0 Å². The Kier molecular flexibility index (Phi) is 4.17. The average Bonchev–Trinajstić information content (AvgIpc) is 1.35. The Hall–Kier alpha value is 0.610. The summed E-state index contributed by atoms with van der Waals surface area (Å²) in [5, 5.41) is 0. The molecular formula is C3H2Cl3. The molecule has 0 aromatic heterocycles. The van der Waals surface area contributed by atoms with Crippen LogP contribution in [0.4, 0.5) is 0 Å². The summed E-state index contributed by atoms with van der Waals surface area (Å²) in [7, 11) is 0. The lowest BCUT2D eigenvalue weighted by atomic mass is 10.8. The quantitative estimate of drug-likeness (QED) is 0.531. The van der Waals surface area contributed by atoms with Crippen LogP contribution in [0.5, 0.6) is 0 Å². The fourth-order valence-corrected chi connectivity index (χ4v) is 0.429. The molecule has 1 radical (unpaired) electrons. The second-order valence-corrected chi connectivity index (χ2v) is 1.84. The molecule has 0 bridgehead atoms. The maximum absolute atomic E-state index is 5.09. The second-order valence-electron chi connectivity index (χ2n) is 0.582. The van der Waals surface area contributed by atoms with Gasteiger partial charge in [-0.05, 0) is 6.08 Å². The maximum atomic E-state index is 5.09. The summed E-state index contributed by atoms with van der Waals surface area (Å²) in [5.74, 6) is 1.25. The summed E-state index contributed by atoms with van der Waals surface area (Å²) in [6.07, 6.45) is 1.38. The van der Waals surface area contributed by atoms with Gasteiger partial charge in [0.1, 0.15) is 4.49 Å². The minimum Gasteiger partial charge on any atom is -0.116 e. The molecule has 0 rings (SSSR count). The molecule has 0 atom stereocenters. The predicted octanol–water partition coefficient (Wildman–Crippen LogP) is 2.71. The van der Waals surface area contributed by atoms with Crippen molar-refractivity contribution in [3.63, 3.8) is 0 Å². The topological polar surface area (TPSA) is 0 Å². The van der Waals surface area contributed by atoms with E-state index in [2.05, 4.69) is 0 Å². The minimum atomic E-state index is 0.171. The lowest BCUT2D eigenvalue weighted by molar-refractivity contribution is 2.00. The van der Waals surface area contributed by atoms with Gasteiger partial charge in [-0.25, -0.2) is 0 Å². The SMILES string of the molecule is Cl[CH]C=C(Cl)Cl. The largest absolute Gasteiger partial charge is 0.116 e. The summed E-state index contributed by atoms with van der Waals surface area (Å²) in [6, 6.07) is 0. The van der Waals surface area contributed by atoms with Gasteiger partial charge >= 0.3 is 0 Å². The second kappa shape index (κ2) is 3.79. The van der Waals surface area contributed by atoms with E-state index in [1.54, 1.807) is 0 Å². The van der Waals surface area contributed by atoms with Gasteiger partial charge in [0.25, 0.3) is 0 Å². The fourth-order valence-electron chi connectivity index (χ4n) is 0.0476. The monoisotopic (exact) mass is 143 g/mol. The third-order valence-corrected chi connectivity index (χ3v) is 0.567. The van der Waals surface area contributed by atoms with Gasteiger partial charge in [-0.1, -0.05) is 23.2 Å². The molecule has 0 saturated heterocycles. The van der Waals surface area contributed by atoms with Gasteiger partial charge in [-0.15, -0.1) is 11.6 Å². The van der Waals surface area contributed by atoms with Crippen LogP contribution in [0, 0.1) is 5.88 Å². The van der Waals surface area contributed by atoms with Gasteiger partial charge in [0.15, 0.2) is 0 Å². The van der Waals surface area contributed by atoms with E-state index >= 15 is 0 Å². The van der Waals surface area contributed by atoms with Crippen molar-refractivity contribution >= 4 is 34.8 Å². The average molecular weight is 144 g/mol. The molecule has 0 aliphatic carbocycles. The van der Waals surface area contributed by atoms with Gasteiger partial charge in [0.2, 0.25) is 0 Å². The number of halogens is 3. The molecule has 0 aliphatic heterocycles. The zero-order chi connectivity index (χ0) is 4.99. The third-order valence-electron chi connectivity index (χ3n) is 0.189. The van der Waals surface area contributed by atoms with Crippen molar-refractivity contribution < 1.29 is 0 Å². The van der Waals surface area contributed by atoms with E-state index in [9.17, 15) is 0 Å². The number of hydrogen-bond acceptors (Lipinski definition) is 0. The number of rotatable bonds is 1. The zero-order valence-electron chi connectivity index (χ0n) is 2.79. The lowest BCUT2D eigenvalue weighted by Gasteiger charge is -1.72. The van der Waals surface area contributed by atoms with Crippen LogP contribution in [-0.2, 0) is 0 Å². The van der Waals surface area contributed by atoms with E-state index < -0.39 is 0 Å². The van der Waals surface area contributed by atoms with E-state index in [1.165, 1.54) is 12.0 Å². The number of hydrogen-bond donors (Lipinski definition) is 0. The molecule has 0 nitrogen and oxygen atoms in total. The summed E-state index contributed by atoms with van der Waals surface area (Å²) < 4.78 is 0.171. The molecule has 0 saturated carbocycles. The Bertz CT molecular complexity index is 53.1. The van der Waals surface area contributed by atoms with Gasteiger partial charge < -0.3 is 0 Å². The summed E-state index contributed by atoms with van der Waals surface area (Å²) in [4.78, 5) is 0. The highest BCUT2D eigenvalue weighted by atomic mass is 35.5. The smallest absolute Gasteiger partial charge is 0.104 e. The molecular weight excluding hydrogens is 142 g/mol. The van der Waals surface area contributed by atoms with Crippen LogP contribution in [0.2, 0.25) is 0 Å². The predicted molar refractivity (Wildman–Crippen MR) is 29.9 cm³/mol. The maximum Gasteiger partial charge on any atom is 0.104 e. The van der Waals surface area contributed by atoms with Crippen LogP contribution in [-0.4, -0.2) is 0 Å². The molecule has 0 heterocycles. The zero-order valence-corrected chi connectivity index (χ0v) is 5.06. The molecule has 0 aliphatic rings. The van der Waals surface area contributed by atoms with Crippen molar-refractivity contribution in [3.8, 4) is 0 Å². The van der Waals surface area contributed by atoms with Crippen molar-refractivity contribution in [2.45, 2.75) is 0 Å². The minimum absolute atomic E-state index is 0.171. The number of allylic oxidation sites excluding steroid dienone is 1. The molecule has 3 heteroatoms. The first kappa shape index (κ1) is 6.61. The van der Waals surface area contributed by atoms with E-state index in [-0.39, 0.29) is 4.49 Å². The van der Waals surface area contributed by atoms with Crippen molar-refractivity contribution in [1.82, 2.24) is 0 Å². The molecule has 0 aromatic carbocycles. The highest BCUT2D eigenvalue weighted by molar-refractivity contribution is 6.56. The van der Waals surface area contributed by atoms with Crippen molar-refractivity contribution in [3.05, 3.63) is 16.4 Å². The molecule has 6 heavy (non-hydrogen) atoms. The van der Waals surface area contributed by atoms with Gasteiger partial charge in [0, 0.05) is 0 Å². The molecule has 0 spiro atoms. The molecule has 0 fully saturated rings. The van der Waals surface area contributed by atoms with Crippen molar-refractivity contribution in [1.29, 1.82) is 0 Å². The highest BCUT2D eigenvalue weighted by Crippen LogP contribution is 2.07. The molecule has 0 aromatic rings. The fraction of sp³-hybridized carbons (Fsp3) is 0.